The van der Waals surface area contributed by atoms with Crippen LogP contribution in [0.1, 0.15) is 28.1 Å². The van der Waals surface area contributed by atoms with Gasteiger partial charge < -0.3 is 9.47 Å². The smallest absolute Gasteiger partial charge is 0.254 e. The van der Waals surface area contributed by atoms with Crippen LogP contribution in [-0.2, 0) is 6.54 Å². The van der Waals surface area contributed by atoms with E-state index in [1.165, 1.54) is 4.88 Å². The van der Waals surface area contributed by atoms with Crippen molar-refractivity contribution in [2.75, 3.05) is 0 Å². The van der Waals surface area contributed by atoms with Gasteiger partial charge in [0.05, 0.1) is 6.54 Å². The van der Waals surface area contributed by atoms with Gasteiger partial charge in [-0.25, -0.2) is 0 Å². The van der Waals surface area contributed by atoms with Gasteiger partial charge in [0.2, 0.25) is 0 Å². The van der Waals surface area contributed by atoms with Gasteiger partial charge in [0, 0.05) is 34.6 Å². The Morgan fingerprint density at radius 3 is 2.43 bits per heavy atom. The first kappa shape index (κ1) is 14.3. The first-order valence-corrected chi connectivity index (χ1v) is 8.76. The van der Waals surface area contributed by atoms with E-state index in [0.29, 0.717) is 6.04 Å². The normalized spacial score (nSPS) is 13.9. The van der Waals surface area contributed by atoms with Crippen molar-refractivity contribution in [3.8, 4) is 5.69 Å². The van der Waals surface area contributed by atoms with Crippen molar-refractivity contribution in [2.24, 2.45) is 0 Å². The maximum atomic E-state index is 12.9. The molecule has 1 aliphatic rings. The number of hydrogen-bond donors (Lipinski definition) is 0. The number of thiophene rings is 1. The number of hydrogen-bond acceptors (Lipinski definition) is 2. The predicted molar refractivity (Wildman–Crippen MR) is 93.0 cm³/mol. The lowest BCUT2D eigenvalue weighted by atomic mass is 10.1. The third kappa shape index (κ3) is 3.08. The minimum absolute atomic E-state index is 0.139. The fraction of sp³-hybridized carbons (Fsp3) is 0.211. The monoisotopic (exact) mass is 322 g/mol. The minimum atomic E-state index is 0.139. The van der Waals surface area contributed by atoms with E-state index in [4.69, 9.17) is 0 Å². The van der Waals surface area contributed by atoms with Crippen LogP contribution in [-0.4, -0.2) is 21.4 Å². The second kappa shape index (κ2) is 6.05. The lowest BCUT2D eigenvalue weighted by Gasteiger charge is -2.22. The number of benzene rings is 1. The van der Waals surface area contributed by atoms with Gasteiger partial charge in [0.1, 0.15) is 0 Å². The molecule has 0 saturated heterocycles. The number of carbonyl (C=O) groups excluding carboxylic acids is 1. The van der Waals surface area contributed by atoms with E-state index in [1.807, 2.05) is 64.3 Å². The topological polar surface area (TPSA) is 25.2 Å². The summed E-state index contributed by atoms with van der Waals surface area (Å²) in [6, 6.07) is 16.4. The number of rotatable bonds is 5. The van der Waals surface area contributed by atoms with Gasteiger partial charge in [-0.3, -0.25) is 4.79 Å². The van der Waals surface area contributed by atoms with Crippen molar-refractivity contribution in [1.29, 1.82) is 0 Å². The third-order valence-corrected chi connectivity index (χ3v) is 5.03. The first-order chi connectivity index (χ1) is 11.3. The molecule has 1 saturated carbocycles. The maximum absolute atomic E-state index is 12.9. The van der Waals surface area contributed by atoms with E-state index in [0.717, 1.165) is 30.6 Å². The van der Waals surface area contributed by atoms with Crippen molar-refractivity contribution in [2.45, 2.75) is 25.4 Å². The van der Waals surface area contributed by atoms with E-state index in [9.17, 15) is 4.79 Å². The van der Waals surface area contributed by atoms with Crippen molar-refractivity contribution in [3.05, 3.63) is 76.7 Å². The second-order valence-electron chi connectivity index (χ2n) is 5.88. The molecule has 0 bridgehead atoms. The molecule has 2 aromatic heterocycles. The SMILES string of the molecule is O=C(c1ccc(-n2cccc2)cc1)N(Cc1cccs1)C1CC1. The molecule has 4 heteroatoms. The van der Waals surface area contributed by atoms with Crippen LogP contribution in [0.15, 0.2) is 66.3 Å². The summed E-state index contributed by atoms with van der Waals surface area (Å²) in [5.74, 6) is 0.139. The van der Waals surface area contributed by atoms with Gasteiger partial charge in [0.25, 0.3) is 5.91 Å². The highest BCUT2D eigenvalue weighted by Crippen LogP contribution is 2.30. The van der Waals surface area contributed by atoms with Crippen molar-refractivity contribution in [1.82, 2.24) is 9.47 Å². The van der Waals surface area contributed by atoms with Gasteiger partial charge in [0.15, 0.2) is 0 Å². The molecule has 4 rings (SSSR count). The molecular weight excluding hydrogens is 304 g/mol. The zero-order chi connectivity index (χ0) is 15.6. The van der Waals surface area contributed by atoms with Crippen LogP contribution in [0.2, 0.25) is 0 Å². The van der Waals surface area contributed by atoms with Gasteiger partial charge >= 0.3 is 0 Å². The molecule has 116 valence electrons. The lowest BCUT2D eigenvalue weighted by molar-refractivity contribution is 0.0731. The number of aromatic nitrogens is 1. The van der Waals surface area contributed by atoms with E-state index in [1.54, 1.807) is 11.3 Å². The summed E-state index contributed by atoms with van der Waals surface area (Å²) in [5.41, 5.74) is 1.84. The molecule has 23 heavy (non-hydrogen) atoms. The van der Waals surface area contributed by atoms with Crippen molar-refractivity contribution < 1.29 is 4.79 Å². The fourth-order valence-corrected chi connectivity index (χ4v) is 3.47. The molecule has 1 fully saturated rings. The van der Waals surface area contributed by atoms with Crippen LogP contribution in [0.3, 0.4) is 0 Å². The first-order valence-electron chi connectivity index (χ1n) is 7.88. The van der Waals surface area contributed by atoms with E-state index in [2.05, 4.69) is 11.4 Å². The van der Waals surface area contributed by atoms with Crippen molar-refractivity contribution in [3.63, 3.8) is 0 Å². The largest absolute Gasteiger partial charge is 0.331 e. The molecule has 3 nitrogen and oxygen atoms in total. The van der Waals surface area contributed by atoms with Crippen LogP contribution >= 0.6 is 11.3 Å². The van der Waals surface area contributed by atoms with Crippen LogP contribution in [0.25, 0.3) is 5.69 Å². The van der Waals surface area contributed by atoms with E-state index < -0.39 is 0 Å². The van der Waals surface area contributed by atoms with Gasteiger partial charge in [-0.15, -0.1) is 11.3 Å². The van der Waals surface area contributed by atoms with E-state index >= 15 is 0 Å². The summed E-state index contributed by atoms with van der Waals surface area (Å²) in [5, 5.41) is 2.07. The highest BCUT2D eigenvalue weighted by Gasteiger charge is 2.33. The van der Waals surface area contributed by atoms with E-state index in [-0.39, 0.29) is 5.91 Å². The van der Waals surface area contributed by atoms with Gasteiger partial charge in [-0.05, 0) is 60.7 Å². The number of carbonyl (C=O) groups is 1. The molecule has 0 spiro atoms. The highest BCUT2D eigenvalue weighted by atomic mass is 32.1. The van der Waals surface area contributed by atoms with Crippen molar-refractivity contribution >= 4 is 17.2 Å². The Balaban J connectivity index is 1.54. The molecule has 2 heterocycles. The fourth-order valence-electron chi connectivity index (χ4n) is 2.77. The quantitative estimate of drug-likeness (QED) is 0.686. The molecule has 0 radical (unpaired) electrons. The highest BCUT2D eigenvalue weighted by molar-refractivity contribution is 7.09. The molecule has 0 unspecified atom stereocenters. The lowest BCUT2D eigenvalue weighted by Crippen LogP contribution is -2.32. The van der Waals surface area contributed by atoms with Crippen LogP contribution in [0.4, 0.5) is 0 Å². The van der Waals surface area contributed by atoms with Crippen LogP contribution in [0, 0.1) is 0 Å². The summed E-state index contributed by atoms with van der Waals surface area (Å²) in [6.45, 7) is 0.723. The van der Waals surface area contributed by atoms with Crippen LogP contribution < -0.4 is 0 Å². The Bertz CT molecular complexity index is 771. The Kier molecular flexibility index (Phi) is 3.75. The summed E-state index contributed by atoms with van der Waals surface area (Å²) >= 11 is 1.71. The molecule has 0 aliphatic heterocycles. The molecular formula is C19H18N2OS. The third-order valence-electron chi connectivity index (χ3n) is 4.17. The Labute approximate surface area is 139 Å². The minimum Gasteiger partial charge on any atom is -0.331 e. The zero-order valence-corrected chi connectivity index (χ0v) is 13.6. The summed E-state index contributed by atoms with van der Waals surface area (Å²) in [7, 11) is 0. The average Bonchev–Trinajstić information content (AvgIpc) is 3.06. The molecule has 1 aromatic carbocycles. The number of nitrogens with zero attached hydrogens (tertiary/aromatic N) is 2. The molecule has 0 atom stereocenters. The predicted octanol–water partition coefficient (Wildman–Crippen LogP) is 4.34. The zero-order valence-electron chi connectivity index (χ0n) is 12.8. The maximum Gasteiger partial charge on any atom is 0.254 e. The summed E-state index contributed by atoms with van der Waals surface area (Å²) in [6.07, 6.45) is 6.26. The summed E-state index contributed by atoms with van der Waals surface area (Å²) < 4.78 is 2.04. The summed E-state index contributed by atoms with van der Waals surface area (Å²) in [4.78, 5) is 16.1. The molecule has 1 amide bonds. The molecule has 0 N–H and O–H groups in total. The molecule has 3 aromatic rings. The Morgan fingerprint density at radius 1 is 1.09 bits per heavy atom. The standard InChI is InChI=1S/C19H18N2OS/c22-19(21(17-9-10-17)14-18-4-3-13-23-18)15-5-7-16(8-6-15)20-11-1-2-12-20/h1-8,11-13,17H,9-10,14H2. The second-order valence-corrected chi connectivity index (χ2v) is 6.91. The Hall–Kier alpha value is -2.33. The Morgan fingerprint density at radius 2 is 1.83 bits per heavy atom. The average molecular weight is 322 g/mol. The number of amides is 1. The van der Waals surface area contributed by atoms with Crippen LogP contribution in [0.5, 0.6) is 0 Å². The molecule has 1 aliphatic carbocycles. The van der Waals surface area contributed by atoms with Gasteiger partial charge in [-0.2, -0.15) is 0 Å². The van der Waals surface area contributed by atoms with Gasteiger partial charge in [-0.1, -0.05) is 6.07 Å².